The predicted octanol–water partition coefficient (Wildman–Crippen LogP) is 4.32. The fraction of sp³-hybridized carbons (Fsp3) is 0.211. The lowest BCUT2D eigenvalue weighted by molar-refractivity contribution is -0.385. The first kappa shape index (κ1) is 18.2. The Balaban J connectivity index is 2.02. The highest BCUT2D eigenvalue weighted by atomic mass is 16.6. The van der Waals surface area contributed by atoms with E-state index in [1.165, 1.54) is 6.07 Å². The van der Waals surface area contributed by atoms with Crippen molar-refractivity contribution >= 4 is 23.1 Å². The van der Waals surface area contributed by atoms with E-state index < -0.39 is 4.92 Å². The maximum atomic E-state index is 11.2. The molecular formula is C19H20N6O2. The molecular weight excluding hydrogens is 344 g/mol. The van der Waals surface area contributed by atoms with Gasteiger partial charge in [0.15, 0.2) is 0 Å². The van der Waals surface area contributed by atoms with Crippen LogP contribution in [-0.4, -0.2) is 25.9 Å². The molecule has 0 aliphatic carbocycles. The summed E-state index contributed by atoms with van der Waals surface area (Å²) in [6.45, 7) is 5.71. The van der Waals surface area contributed by atoms with Gasteiger partial charge in [-0.05, 0) is 39.0 Å². The first-order chi connectivity index (χ1) is 12.9. The lowest BCUT2D eigenvalue weighted by atomic mass is 10.1. The third-order valence-electron chi connectivity index (χ3n) is 3.88. The van der Waals surface area contributed by atoms with Gasteiger partial charge in [0.25, 0.3) is 5.69 Å². The van der Waals surface area contributed by atoms with Gasteiger partial charge in [-0.15, -0.1) is 0 Å². The zero-order valence-electron chi connectivity index (χ0n) is 15.3. The number of nitro groups is 1. The molecule has 3 aromatic rings. The summed E-state index contributed by atoms with van der Waals surface area (Å²) in [6.07, 6.45) is 3.40. The Hall–Kier alpha value is -3.55. The number of rotatable bonds is 6. The smallest absolute Gasteiger partial charge is 0.274 e. The average molecular weight is 364 g/mol. The van der Waals surface area contributed by atoms with Gasteiger partial charge in [0.1, 0.15) is 5.82 Å². The minimum atomic E-state index is -0.394. The molecule has 0 spiro atoms. The molecule has 0 unspecified atom stereocenters. The molecule has 2 heterocycles. The molecule has 0 amide bonds. The van der Waals surface area contributed by atoms with Crippen LogP contribution >= 0.6 is 0 Å². The highest BCUT2D eigenvalue weighted by Gasteiger charge is 2.15. The van der Waals surface area contributed by atoms with Crippen LogP contribution < -0.4 is 10.6 Å². The van der Waals surface area contributed by atoms with Gasteiger partial charge in [-0.2, -0.15) is 4.98 Å². The molecule has 0 aliphatic rings. The third-order valence-corrected chi connectivity index (χ3v) is 3.88. The predicted molar refractivity (Wildman–Crippen MR) is 105 cm³/mol. The zero-order chi connectivity index (χ0) is 19.4. The first-order valence-electron chi connectivity index (χ1n) is 8.51. The van der Waals surface area contributed by atoms with E-state index in [0.29, 0.717) is 23.0 Å². The fourth-order valence-electron chi connectivity index (χ4n) is 2.60. The molecule has 0 bridgehead atoms. The van der Waals surface area contributed by atoms with E-state index >= 15 is 0 Å². The van der Waals surface area contributed by atoms with Gasteiger partial charge < -0.3 is 10.6 Å². The first-order valence-corrected chi connectivity index (χ1v) is 8.51. The third kappa shape index (κ3) is 4.35. The van der Waals surface area contributed by atoms with Gasteiger partial charge >= 0.3 is 0 Å². The molecule has 8 nitrogen and oxygen atoms in total. The van der Waals surface area contributed by atoms with Crippen LogP contribution in [-0.2, 0) is 0 Å². The summed E-state index contributed by atoms with van der Waals surface area (Å²) in [5.41, 5.74) is 2.85. The second-order valence-corrected chi connectivity index (χ2v) is 6.33. The largest absolute Gasteiger partial charge is 0.352 e. The van der Waals surface area contributed by atoms with E-state index in [9.17, 15) is 10.1 Å². The molecule has 27 heavy (non-hydrogen) atoms. The fourth-order valence-corrected chi connectivity index (χ4v) is 2.60. The molecule has 0 saturated carbocycles. The Labute approximate surface area is 156 Å². The van der Waals surface area contributed by atoms with Crippen LogP contribution in [0.4, 0.5) is 23.1 Å². The van der Waals surface area contributed by atoms with E-state index in [-0.39, 0.29) is 11.7 Å². The number of hydrogen-bond donors (Lipinski definition) is 2. The molecule has 138 valence electrons. The van der Waals surface area contributed by atoms with Crippen molar-refractivity contribution in [1.82, 2.24) is 15.0 Å². The van der Waals surface area contributed by atoms with Crippen molar-refractivity contribution in [2.75, 3.05) is 10.6 Å². The summed E-state index contributed by atoms with van der Waals surface area (Å²) in [5, 5.41) is 17.6. The van der Waals surface area contributed by atoms with E-state index in [1.807, 2.05) is 26.0 Å². The number of nitro benzene ring substituents is 1. The summed E-state index contributed by atoms with van der Waals surface area (Å²) in [6, 6.07) is 10.6. The van der Waals surface area contributed by atoms with Crippen LogP contribution in [0.2, 0.25) is 0 Å². The van der Waals surface area contributed by atoms with Gasteiger partial charge in [-0.25, -0.2) is 4.98 Å². The van der Waals surface area contributed by atoms with E-state index in [1.54, 1.807) is 37.5 Å². The van der Waals surface area contributed by atoms with Crippen molar-refractivity contribution in [3.8, 4) is 11.3 Å². The summed E-state index contributed by atoms with van der Waals surface area (Å²) >= 11 is 0. The van der Waals surface area contributed by atoms with E-state index in [2.05, 4.69) is 25.6 Å². The molecule has 0 fully saturated rings. The molecule has 2 N–H and O–H groups in total. The van der Waals surface area contributed by atoms with Crippen molar-refractivity contribution in [3.63, 3.8) is 0 Å². The van der Waals surface area contributed by atoms with Gasteiger partial charge in [0.05, 0.1) is 16.2 Å². The minimum Gasteiger partial charge on any atom is -0.352 e. The highest BCUT2D eigenvalue weighted by molar-refractivity contribution is 5.70. The van der Waals surface area contributed by atoms with E-state index in [0.717, 1.165) is 11.3 Å². The summed E-state index contributed by atoms with van der Waals surface area (Å²) in [7, 11) is 0. The van der Waals surface area contributed by atoms with Gasteiger partial charge in [-0.1, -0.05) is 6.07 Å². The Morgan fingerprint density at radius 1 is 1.11 bits per heavy atom. The number of nitrogens with zero attached hydrogens (tertiary/aromatic N) is 4. The van der Waals surface area contributed by atoms with Gasteiger partial charge in [0.2, 0.25) is 5.95 Å². The van der Waals surface area contributed by atoms with Gasteiger partial charge in [0, 0.05) is 41.8 Å². The number of pyridine rings is 1. The quantitative estimate of drug-likeness (QED) is 0.495. The number of hydrogen-bond acceptors (Lipinski definition) is 7. The molecule has 0 saturated heterocycles. The molecule has 8 heteroatoms. The van der Waals surface area contributed by atoms with Crippen molar-refractivity contribution < 1.29 is 4.92 Å². The molecule has 3 rings (SSSR count). The van der Waals surface area contributed by atoms with Crippen molar-refractivity contribution in [1.29, 1.82) is 0 Å². The monoisotopic (exact) mass is 364 g/mol. The topological polar surface area (TPSA) is 106 Å². The van der Waals surface area contributed by atoms with Crippen LogP contribution in [0, 0.1) is 17.0 Å². The van der Waals surface area contributed by atoms with Crippen LogP contribution in [0.1, 0.15) is 19.4 Å². The lowest BCUT2D eigenvalue weighted by Gasteiger charge is -2.14. The van der Waals surface area contributed by atoms with Crippen molar-refractivity contribution in [2.45, 2.75) is 26.8 Å². The second kappa shape index (κ2) is 7.77. The Morgan fingerprint density at radius 2 is 1.85 bits per heavy atom. The molecule has 0 radical (unpaired) electrons. The summed E-state index contributed by atoms with van der Waals surface area (Å²) in [4.78, 5) is 23.9. The molecule has 2 aromatic heterocycles. The van der Waals surface area contributed by atoms with Crippen LogP contribution in [0.15, 0.2) is 48.8 Å². The number of nitrogens with one attached hydrogen (secondary N) is 2. The Kier molecular flexibility index (Phi) is 5.25. The average Bonchev–Trinajstić information content (AvgIpc) is 2.63. The maximum absolute atomic E-state index is 11.2. The molecule has 0 aliphatic heterocycles. The Morgan fingerprint density at radius 3 is 2.52 bits per heavy atom. The van der Waals surface area contributed by atoms with Crippen molar-refractivity contribution in [2.24, 2.45) is 0 Å². The number of benzene rings is 1. The summed E-state index contributed by atoms with van der Waals surface area (Å²) < 4.78 is 0. The SMILES string of the molecule is Cc1c(Nc2cc(-c3ccncc3)nc(NC(C)C)n2)cccc1[N+](=O)[O-]. The second-order valence-electron chi connectivity index (χ2n) is 6.33. The Bertz CT molecular complexity index is 960. The number of aromatic nitrogens is 3. The van der Waals surface area contributed by atoms with Crippen molar-refractivity contribution in [3.05, 3.63) is 64.5 Å². The minimum absolute atomic E-state index is 0.0592. The number of anilines is 3. The lowest BCUT2D eigenvalue weighted by Crippen LogP contribution is -2.13. The normalized spacial score (nSPS) is 10.7. The zero-order valence-corrected chi connectivity index (χ0v) is 15.3. The van der Waals surface area contributed by atoms with Gasteiger partial charge in [-0.3, -0.25) is 15.1 Å². The standard InChI is InChI=1S/C19H20N6O2/c1-12(2)21-19-23-16(14-7-9-20-10-8-14)11-18(24-19)22-15-5-4-6-17(13(15)3)25(26)27/h4-12H,1-3H3,(H2,21,22,23,24). The molecule has 1 aromatic carbocycles. The van der Waals surface area contributed by atoms with Crippen LogP contribution in [0.3, 0.4) is 0 Å². The maximum Gasteiger partial charge on any atom is 0.274 e. The van der Waals surface area contributed by atoms with Crippen LogP contribution in [0.5, 0.6) is 0 Å². The highest BCUT2D eigenvalue weighted by Crippen LogP contribution is 2.29. The van der Waals surface area contributed by atoms with E-state index in [4.69, 9.17) is 0 Å². The summed E-state index contributed by atoms with van der Waals surface area (Å²) in [5.74, 6) is 1.02. The van der Waals surface area contributed by atoms with Crippen LogP contribution in [0.25, 0.3) is 11.3 Å². The molecule has 0 atom stereocenters.